The van der Waals surface area contributed by atoms with E-state index in [-0.39, 0.29) is 19.2 Å². The van der Waals surface area contributed by atoms with Gasteiger partial charge >= 0.3 is 12.0 Å². The van der Waals surface area contributed by atoms with Crippen LogP contribution in [0.5, 0.6) is 0 Å². The number of hydrogen-bond donors (Lipinski definition) is 3. The van der Waals surface area contributed by atoms with Crippen LogP contribution in [0.15, 0.2) is 0 Å². The zero-order valence-electron chi connectivity index (χ0n) is 10.6. The normalized spacial score (nSPS) is 18.9. The zero-order valence-corrected chi connectivity index (χ0v) is 10.6. The minimum Gasteiger partial charge on any atom is -0.480 e. The molecule has 1 saturated heterocycles. The lowest BCUT2D eigenvalue weighted by molar-refractivity contribution is -0.142. The van der Waals surface area contributed by atoms with Gasteiger partial charge in [0.2, 0.25) is 5.91 Å². The number of ether oxygens (including phenoxy) is 1. The van der Waals surface area contributed by atoms with Gasteiger partial charge in [-0.1, -0.05) is 0 Å². The topological polar surface area (TPSA) is 122 Å². The molecular formula is C11H19N3O5. The molecule has 3 amide bonds. The molecule has 8 nitrogen and oxygen atoms in total. The molecule has 0 aliphatic carbocycles. The van der Waals surface area contributed by atoms with Crippen molar-refractivity contribution in [2.75, 3.05) is 26.3 Å². The van der Waals surface area contributed by atoms with Gasteiger partial charge in [-0.25, -0.2) is 9.59 Å². The molecule has 0 aromatic carbocycles. The third-order valence-corrected chi connectivity index (χ3v) is 2.84. The van der Waals surface area contributed by atoms with Crippen LogP contribution in [0, 0.1) is 0 Å². The van der Waals surface area contributed by atoms with E-state index in [1.54, 1.807) is 0 Å². The van der Waals surface area contributed by atoms with Crippen molar-refractivity contribution in [2.24, 2.45) is 5.73 Å². The average molecular weight is 273 g/mol. The van der Waals surface area contributed by atoms with E-state index in [0.717, 1.165) is 12.8 Å². The fourth-order valence-electron chi connectivity index (χ4n) is 1.96. The molecule has 8 heteroatoms. The quantitative estimate of drug-likeness (QED) is 0.543. The molecule has 1 rings (SSSR count). The van der Waals surface area contributed by atoms with Gasteiger partial charge in [-0.3, -0.25) is 4.79 Å². The molecule has 1 fully saturated rings. The molecule has 0 spiro atoms. The van der Waals surface area contributed by atoms with Crippen molar-refractivity contribution in [1.82, 2.24) is 10.2 Å². The third-order valence-electron chi connectivity index (χ3n) is 2.84. The highest BCUT2D eigenvalue weighted by Crippen LogP contribution is 2.16. The Bertz CT molecular complexity index is 347. The molecule has 108 valence electrons. The van der Waals surface area contributed by atoms with E-state index in [2.05, 4.69) is 5.32 Å². The SMILES string of the molecule is NC(=O)C1CCCCN1C(=O)NCCOCC(=O)O. The first-order valence-corrected chi connectivity index (χ1v) is 6.15. The van der Waals surface area contributed by atoms with Gasteiger partial charge in [0.25, 0.3) is 0 Å². The molecule has 0 bridgehead atoms. The van der Waals surface area contributed by atoms with Gasteiger partial charge < -0.3 is 25.8 Å². The maximum absolute atomic E-state index is 11.8. The van der Waals surface area contributed by atoms with Crippen molar-refractivity contribution in [1.29, 1.82) is 0 Å². The van der Waals surface area contributed by atoms with Crippen LogP contribution in [0.4, 0.5) is 4.79 Å². The van der Waals surface area contributed by atoms with Crippen molar-refractivity contribution in [3.63, 3.8) is 0 Å². The number of nitrogens with zero attached hydrogens (tertiary/aromatic N) is 1. The number of aliphatic carboxylic acids is 1. The Hall–Kier alpha value is -1.83. The number of urea groups is 1. The molecule has 0 radical (unpaired) electrons. The van der Waals surface area contributed by atoms with Crippen LogP contribution in [0.25, 0.3) is 0 Å². The predicted molar refractivity (Wildman–Crippen MR) is 65.4 cm³/mol. The average Bonchev–Trinajstić information content (AvgIpc) is 2.37. The van der Waals surface area contributed by atoms with E-state index < -0.39 is 24.5 Å². The van der Waals surface area contributed by atoms with E-state index >= 15 is 0 Å². The molecule has 4 N–H and O–H groups in total. The van der Waals surface area contributed by atoms with Crippen molar-refractivity contribution in [3.05, 3.63) is 0 Å². The van der Waals surface area contributed by atoms with E-state index in [0.29, 0.717) is 13.0 Å². The summed E-state index contributed by atoms with van der Waals surface area (Å²) < 4.78 is 4.78. The maximum atomic E-state index is 11.8. The first kappa shape index (κ1) is 15.2. The number of nitrogens with one attached hydrogen (secondary N) is 1. The smallest absolute Gasteiger partial charge is 0.329 e. The Kier molecular flexibility index (Phi) is 6.07. The van der Waals surface area contributed by atoms with Gasteiger partial charge in [-0.05, 0) is 19.3 Å². The summed E-state index contributed by atoms with van der Waals surface area (Å²) in [5.41, 5.74) is 5.25. The lowest BCUT2D eigenvalue weighted by Crippen LogP contribution is -2.54. The van der Waals surface area contributed by atoms with Gasteiger partial charge in [-0.15, -0.1) is 0 Å². The third kappa shape index (κ3) is 5.12. The number of hydrogen-bond acceptors (Lipinski definition) is 4. The van der Waals surface area contributed by atoms with Crippen LogP contribution in [0.1, 0.15) is 19.3 Å². The van der Waals surface area contributed by atoms with Crippen LogP contribution < -0.4 is 11.1 Å². The largest absolute Gasteiger partial charge is 0.480 e. The summed E-state index contributed by atoms with van der Waals surface area (Å²) in [7, 11) is 0. The lowest BCUT2D eigenvalue weighted by Gasteiger charge is -2.33. The van der Waals surface area contributed by atoms with Gasteiger partial charge in [0.15, 0.2) is 0 Å². The van der Waals surface area contributed by atoms with Crippen molar-refractivity contribution >= 4 is 17.9 Å². The van der Waals surface area contributed by atoms with Crippen molar-refractivity contribution < 1.29 is 24.2 Å². The summed E-state index contributed by atoms with van der Waals surface area (Å²) in [5, 5.41) is 10.9. The van der Waals surface area contributed by atoms with Gasteiger partial charge in [0.1, 0.15) is 12.6 Å². The second kappa shape index (κ2) is 7.57. The number of likely N-dealkylation sites (tertiary alicyclic amines) is 1. The summed E-state index contributed by atoms with van der Waals surface area (Å²) in [6, 6.07) is -0.934. The number of carbonyl (C=O) groups is 3. The summed E-state index contributed by atoms with van der Waals surface area (Å²) in [4.78, 5) is 34.7. The second-order valence-electron chi connectivity index (χ2n) is 4.29. The van der Waals surface area contributed by atoms with E-state index in [4.69, 9.17) is 15.6 Å². The molecule has 1 unspecified atom stereocenters. The number of amides is 3. The number of carboxylic acid groups (broad SMARTS) is 1. The van der Waals surface area contributed by atoms with Crippen LogP contribution in [0.3, 0.4) is 0 Å². The first-order valence-electron chi connectivity index (χ1n) is 6.15. The Morgan fingerprint density at radius 2 is 2.11 bits per heavy atom. The maximum Gasteiger partial charge on any atom is 0.329 e. The molecule has 0 aromatic heterocycles. The lowest BCUT2D eigenvalue weighted by atomic mass is 10.0. The minimum atomic E-state index is -1.06. The fourth-order valence-corrected chi connectivity index (χ4v) is 1.96. The summed E-state index contributed by atoms with van der Waals surface area (Å²) in [6.45, 7) is 0.389. The Morgan fingerprint density at radius 3 is 2.74 bits per heavy atom. The second-order valence-corrected chi connectivity index (χ2v) is 4.29. The molecule has 1 atom stereocenters. The molecular weight excluding hydrogens is 254 g/mol. The minimum absolute atomic E-state index is 0.104. The number of carbonyl (C=O) groups excluding carboxylic acids is 2. The van der Waals surface area contributed by atoms with E-state index in [1.807, 2.05) is 0 Å². The van der Waals surface area contributed by atoms with Crippen LogP contribution >= 0.6 is 0 Å². The standard InChI is InChI=1S/C11H19N3O5/c12-10(17)8-3-1-2-5-14(8)11(18)13-4-6-19-7-9(15)16/h8H,1-7H2,(H2,12,17)(H,13,18)(H,15,16). The zero-order chi connectivity index (χ0) is 14.3. The van der Waals surface area contributed by atoms with Crippen LogP contribution in [-0.4, -0.2) is 60.3 Å². The molecule has 1 aliphatic rings. The molecule has 0 saturated carbocycles. The molecule has 0 aromatic rings. The molecule has 1 aliphatic heterocycles. The summed E-state index contributed by atoms with van der Waals surface area (Å²) in [6.07, 6.45) is 2.30. The van der Waals surface area contributed by atoms with Crippen LogP contribution in [-0.2, 0) is 14.3 Å². The highest BCUT2D eigenvalue weighted by Gasteiger charge is 2.30. The number of nitrogens with two attached hydrogens (primary N) is 1. The highest BCUT2D eigenvalue weighted by molar-refractivity contribution is 5.86. The summed E-state index contributed by atoms with van der Waals surface area (Å²) >= 11 is 0. The van der Waals surface area contributed by atoms with E-state index in [9.17, 15) is 14.4 Å². The number of carboxylic acids is 1. The monoisotopic (exact) mass is 273 g/mol. The van der Waals surface area contributed by atoms with Gasteiger partial charge in [0, 0.05) is 13.1 Å². The van der Waals surface area contributed by atoms with Crippen LogP contribution in [0.2, 0.25) is 0 Å². The van der Waals surface area contributed by atoms with Gasteiger partial charge in [-0.2, -0.15) is 0 Å². The predicted octanol–water partition coefficient (Wildman–Crippen LogP) is -0.863. The van der Waals surface area contributed by atoms with Crippen molar-refractivity contribution in [3.8, 4) is 0 Å². The molecule has 1 heterocycles. The number of piperidine rings is 1. The van der Waals surface area contributed by atoms with E-state index in [1.165, 1.54) is 4.90 Å². The Balaban J connectivity index is 2.30. The summed E-state index contributed by atoms with van der Waals surface area (Å²) in [5.74, 6) is -1.56. The molecule has 19 heavy (non-hydrogen) atoms. The highest BCUT2D eigenvalue weighted by atomic mass is 16.5. The van der Waals surface area contributed by atoms with Crippen molar-refractivity contribution in [2.45, 2.75) is 25.3 Å². The Labute approximate surface area is 110 Å². The first-order chi connectivity index (χ1) is 9.02. The van der Waals surface area contributed by atoms with Gasteiger partial charge in [0.05, 0.1) is 6.61 Å². The number of rotatable bonds is 6. The Morgan fingerprint density at radius 1 is 1.37 bits per heavy atom. The number of primary amides is 1. The fraction of sp³-hybridized carbons (Fsp3) is 0.727.